The van der Waals surface area contributed by atoms with Crippen LogP contribution in [0.3, 0.4) is 0 Å². The number of sulfonamides is 1. The zero-order valence-corrected chi connectivity index (χ0v) is 14.4. The average Bonchev–Trinajstić information content (AvgIpc) is 2.83. The fourth-order valence-electron chi connectivity index (χ4n) is 3.62. The Morgan fingerprint density at radius 2 is 1.71 bits per heavy atom. The Morgan fingerprint density at radius 1 is 1.12 bits per heavy atom. The Bertz CT molecular complexity index is 765. The number of primary sulfonamides is 1. The third-order valence-corrected chi connectivity index (χ3v) is 6.23. The molecule has 2 N–H and O–H groups in total. The van der Waals surface area contributed by atoms with Crippen molar-refractivity contribution in [1.29, 1.82) is 0 Å². The van der Waals surface area contributed by atoms with Crippen molar-refractivity contribution in [1.82, 2.24) is 9.80 Å². The first-order valence-electron chi connectivity index (χ1n) is 7.92. The molecule has 130 valence electrons. The number of nitrogens with two attached hydrogens (primary N) is 1. The van der Waals surface area contributed by atoms with Gasteiger partial charge in [0.2, 0.25) is 15.9 Å². The summed E-state index contributed by atoms with van der Waals surface area (Å²) >= 11 is 0. The molecule has 2 aliphatic rings. The summed E-state index contributed by atoms with van der Waals surface area (Å²) in [5, 5.41) is 5.06. The lowest BCUT2D eigenvalue weighted by Gasteiger charge is -2.43. The molecule has 0 saturated carbocycles. The van der Waals surface area contributed by atoms with Gasteiger partial charge in [0.05, 0.1) is 4.90 Å². The summed E-state index contributed by atoms with van der Waals surface area (Å²) in [5.74, 6) is 0.0474. The van der Waals surface area contributed by atoms with Crippen molar-refractivity contribution in [3.63, 3.8) is 0 Å². The number of rotatable bonds is 2. The summed E-state index contributed by atoms with van der Waals surface area (Å²) < 4.78 is 22.5. The van der Waals surface area contributed by atoms with Crippen LogP contribution >= 0.6 is 0 Å². The molecule has 0 bridgehead atoms. The lowest BCUT2D eigenvalue weighted by atomic mass is 9.85. The Kier molecular flexibility index (Phi) is 4.13. The molecule has 2 fully saturated rings. The lowest BCUT2D eigenvalue weighted by molar-refractivity contribution is -0.130. The van der Waals surface area contributed by atoms with Gasteiger partial charge in [-0.2, -0.15) is 0 Å². The van der Waals surface area contributed by atoms with Gasteiger partial charge in [0, 0.05) is 37.7 Å². The predicted octanol–water partition coefficient (Wildman–Crippen LogP) is 0.561. The lowest BCUT2D eigenvalue weighted by Crippen LogP contribution is -2.52. The standard InChI is InChI=1S/C16H21N3O4S/c1-18-14(20)6-7-16(18)8-10-19(11-9-16)15(21)12-2-4-13(5-3-12)24(17,22)23/h2-5H,6-11H2,1H3,(H2,17,22,23). The third kappa shape index (κ3) is 2.91. The molecule has 2 saturated heterocycles. The molecule has 1 aromatic carbocycles. The molecular formula is C16H21N3O4S. The molecule has 1 aromatic rings. The maximum Gasteiger partial charge on any atom is 0.253 e. The van der Waals surface area contributed by atoms with Crippen LogP contribution in [0, 0.1) is 0 Å². The first-order valence-corrected chi connectivity index (χ1v) is 9.46. The highest BCUT2D eigenvalue weighted by Gasteiger charge is 2.45. The van der Waals surface area contributed by atoms with Crippen molar-refractivity contribution >= 4 is 21.8 Å². The number of carbonyl (C=O) groups is 2. The van der Waals surface area contributed by atoms with Gasteiger partial charge < -0.3 is 9.80 Å². The van der Waals surface area contributed by atoms with E-state index >= 15 is 0 Å². The molecule has 0 radical (unpaired) electrons. The summed E-state index contributed by atoms with van der Waals surface area (Å²) in [6.45, 7) is 1.18. The third-order valence-electron chi connectivity index (χ3n) is 5.30. The molecule has 2 amide bonds. The molecule has 7 nitrogen and oxygen atoms in total. The minimum absolute atomic E-state index is 0.0114. The van der Waals surface area contributed by atoms with Crippen molar-refractivity contribution < 1.29 is 18.0 Å². The maximum atomic E-state index is 12.6. The van der Waals surface area contributed by atoms with Gasteiger partial charge in [-0.05, 0) is 43.5 Å². The Labute approximate surface area is 141 Å². The van der Waals surface area contributed by atoms with Crippen LogP contribution in [0.15, 0.2) is 29.2 Å². The first-order chi connectivity index (χ1) is 11.2. The normalized spacial score (nSPS) is 20.7. The number of piperidine rings is 1. The number of nitrogens with zero attached hydrogens (tertiary/aromatic N) is 2. The van der Waals surface area contributed by atoms with E-state index < -0.39 is 10.0 Å². The van der Waals surface area contributed by atoms with Gasteiger partial charge >= 0.3 is 0 Å². The smallest absolute Gasteiger partial charge is 0.253 e. The number of benzene rings is 1. The van der Waals surface area contributed by atoms with Gasteiger partial charge in [0.1, 0.15) is 0 Å². The number of hydrogen-bond donors (Lipinski definition) is 1. The molecule has 0 atom stereocenters. The largest absolute Gasteiger partial charge is 0.340 e. The second kappa shape index (κ2) is 5.86. The Morgan fingerprint density at radius 3 is 2.17 bits per heavy atom. The molecule has 0 unspecified atom stereocenters. The van der Waals surface area contributed by atoms with Crippen LogP contribution in [0.2, 0.25) is 0 Å². The summed E-state index contributed by atoms with van der Waals surface area (Å²) in [6.07, 6.45) is 2.99. The SMILES string of the molecule is CN1C(=O)CCC12CCN(C(=O)c1ccc(S(N)(=O)=O)cc1)CC2. The highest BCUT2D eigenvalue weighted by molar-refractivity contribution is 7.89. The molecule has 2 heterocycles. The topological polar surface area (TPSA) is 101 Å². The molecule has 8 heteroatoms. The van der Waals surface area contributed by atoms with Gasteiger partial charge in [-0.15, -0.1) is 0 Å². The van der Waals surface area contributed by atoms with Gasteiger partial charge in [-0.1, -0.05) is 0 Å². The van der Waals surface area contributed by atoms with Crippen LogP contribution in [0.4, 0.5) is 0 Å². The van der Waals surface area contributed by atoms with E-state index in [4.69, 9.17) is 5.14 Å². The fourth-order valence-corrected chi connectivity index (χ4v) is 4.14. The van der Waals surface area contributed by atoms with E-state index in [9.17, 15) is 18.0 Å². The van der Waals surface area contributed by atoms with E-state index in [1.54, 1.807) is 4.90 Å². The number of hydrogen-bond acceptors (Lipinski definition) is 4. The Hall–Kier alpha value is -1.93. The number of carbonyl (C=O) groups excluding carboxylic acids is 2. The van der Waals surface area contributed by atoms with E-state index in [1.165, 1.54) is 24.3 Å². The van der Waals surface area contributed by atoms with Crippen LogP contribution in [0.1, 0.15) is 36.0 Å². The van der Waals surface area contributed by atoms with Crippen molar-refractivity contribution in [2.75, 3.05) is 20.1 Å². The molecule has 1 spiro atoms. The summed E-state index contributed by atoms with van der Waals surface area (Å²) in [6, 6.07) is 5.66. The molecule has 2 aliphatic heterocycles. The van der Waals surface area contributed by atoms with Crippen LogP contribution in [-0.4, -0.2) is 55.7 Å². The van der Waals surface area contributed by atoms with Crippen LogP contribution < -0.4 is 5.14 Å². The van der Waals surface area contributed by atoms with E-state index in [0.29, 0.717) is 25.1 Å². The van der Waals surface area contributed by atoms with Crippen LogP contribution in [0.25, 0.3) is 0 Å². The monoisotopic (exact) mass is 351 g/mol. The zero-order chi connectivity index (χ0) is 17.5. The molecule has 3 rings (SSSR count). The molecule has 24 heavy (non-hydrogen) atoms. The minimum Gasteiger partial charge on any atom is -0.340 e. The molecular weight excluding hydrogens is 330 g/mol. The zero-order valence-electron chi connectivity index (χ0n) is 13.6. The second-order valence-corrected chi connectivity index (χ2v) is 8.10. The van der Waals surface area contributed by atoms with Crippen LogP contribution in [0.5, 0.6) is 0 Å². The van der Waals surface area contributed by atoms with Crippen molar-refractivity contribution in [3.05, 3.63) is 29.8 Å². The van der Waals surface area contributed by atoms with Crippen molar-refractivity contribution in [3.8, 4) is 0 Å². The predicted molar refractivity (Wildman–Crippen MR) is 87.7 cm³/mol. The maximum absolute atomic E-state index is 12.6. The first kappa shape index (κ1) is 16.9. The van der Waals surface area contributed by atoms with Crippen molar-refractivity contribution in [2.45, 2.75) is 36.1 Å². The van der Waals surface area contributed by atoms with Crippen LogP contribution in [-0.2, 0) is 14.8 Å². The highest BCUT2D eigenvalue weighted by atomic mass is 32.2. The number of likely N-dealkylation sites (tertiary alicyclic amines) is 2. The van der Waals surface area contributed by atoms with E-state index in [1.807, 2.05) is 11.9 Å². The Balaban J connectivity index is 1.68. The number of amides is 2. The minimum atomic E-state index is -3.76. The highest BCUT2D eigenvalue weighted by Crippen LogP contribution is 2.38. The summed E-state index contributed by atoms with van der Waals surface area (Å²) in [7, 11) is -1.91. The van der Waals surface area contributed by atoms with Gasteiger partial charge in [-0.25, -0.2) is 13.6 Å². The van der Waals surface area contributed by atoms with E-state index in [0.717, 1.165) is 19.3 Å². The quantitative estimate of drug-likeness (QED) is 0.841. The van der Waals surface area contributed by atoms with E-state index in [-0.39, 0.29) is 22.2 Å². The van der Waals surface area contributed by atoms with Gasteiger partial charge in [0.25, 0.3) is 5.91 Å². The van der Waals surface area contributed by atoms with Crippen molar-refractivity contribution in [2.24, 2.45) is 5.14 Å². The summed E-state index contributed by atoms with van der Waals surface area (Å²) in [4.78, 5) is 27.9. The fraction of sp³-hybridized carbons (Fsp3) is 0.500. The van der Waals surface area contributed by atoms with Gasteiger partial charge in [-0.3, -0.25) is 9.59 Å². The molecule has 0 aliphatic carbocycles. The average molecular weight is 351 g/mol. The molecule has 0 aromatic heterocycles. The van der Waals surface area contributed by atoms with E-state index in [2.05, 4.69) is 0 Å². The second-order valence-electron chi connectivity index (χ2n) is 6.54. The van der Waals surface area contributed by atoms with Gasteiger partial charge in [0.15, 0.2) is 0 Å². The summed E-state index contributed by atoms with van der Waals surface area (Å²) in [5.41, 5.74) is 0.333.